The maximum atomic E-state index is 4.88. The van der Waals surface area contributed by atoms with Gasteiger partial charge in [-0.05, 0) is 6.92 Å². The van der Waals surface area contributed by atoms with Crippen molar-refractivity contribution in [2.24, 2.45) is 0 Å². The summed E-state index contributed by atoms with van der Waals surface area (Å²) in [7, 11) is 3.21. The smallest absolute Gasteiger partial charge is 0.167 e. The van der Waals surface area contributed by atoms with Crippen molar-refractivity contribution >= 4 is 0 Å². The predicted octanol–water partition coefficient (Wildman–Crippen LogP) is 1.02. The summed E-state index contributed by atoms with van der Waals surface area (Å²) in [6.07, 6.45) is 0.473. The Bertz CT molecular complexity index is 106. The van der Waals surface area contributed by atoms with Gasteiger partial charge in [-0.2, -0.15) is 0 Å². The summed E-state index contributed by atoms with van der Waals surface area (Å²) in [5.74, 6) is 5.61. The van der Waals surface area contributed by atoms with E-state index in [0.717, 1.165) is 0 Å². The van der Waals surface area contributed by atoms with Gasteiger partial charge in [-0.3, -0.25) is 0 Å². The first-order valence-electron chi connectivity index (χ1n) is 2.80. The van der Waals surface area contributed by atoms with Gasteiger partial charge in [0.05, 0.1) is 6.42 Å². The molecule has 0 atom stereocenters. The minimum Gasteiger partial charge on any atom is -0.355 e. The highest BCUT2D eigenvalue weighted by Crippen LogP contribution is 1.94. The fraction of sp³-hybridized carbons (Fsp3) is 0.714. The van der Waals surface area contributed by atoms with Gasteiger partial charge in [0.15, 0.2) is 6.29 Å². The van der Waals surface area contributed by atoms with Gasteiger partial charge in [0.2, 0.25) is 0 Å². The van der Waals surface area contributed by atoms with Crippen LogP contribution in [-0.2, 0) is 9.47 Å². The molecule has 0 heterocycles. The number of ether oxygens (including phenoxy) is 2. The quantitative estimate of drug-likeness (QED) is 0.417. The summed E-state index contributed by atoms with van der Waals surface area (Å²) in [6.45, 7) is 1.79. The lowest BCUT2D eigenvalue weighted by Crippen LogP contribution is -2.11. The van der Waals surface area contributed by atoms with Crippen molar-refractivity contribution in [3.05, 3.63) is 0 Å². The Morgan fingerprint density at radius 3 is 2.22 bits per heavy atom. The normalized spacial score (nSPS) is 8.89. The Labute approximate surface area is 56.2 Å². The second kappa shape index (κ2) is 5.61. The molecule has 0 aliphatic heterocycles. The molecular formula is C7H12O2. The van der Waals surface area contributed by atoms with Crippen molar-refractivity contribution < 1.29 is 9.47 Å². The monoisotopic (exact) mass is 128 g/mol. The van der Waals surface area contributed by atoms with Gasteiger partial charge in [-0.25, -0.2) is 0 Å². The minimum atomic E-state index is -0.169. The molecule has 0 aromatic carbocycles. The van der Waals surface area contributed by atoms with E-state index in [-0.39, 0.29) is 6.29 Å². The molecule has 0 radical (unpaired) electrons. The molecule has 9 heavy (non-hydrogen) atoms. The highest BCUT2D eigenvalue weighted by molar-refractivity contribution is 4.95. The zero-order valence-electron chi connectivity index (χ0n) is 6.10. The highest BCUT2D eigenvalue weighted by Gasteiger charge is 1.99. The molecule has 0 bridgehead atoms. The van der Waals surface area contributed by atoms with Gasteiger partial charge in [0, 0.05) is 14.2 Å². The average Bonchev–Trinajstić information content (AvgIpc) is 1.91. The van der Waals surface area contributed by atoms with E-state index >= 15 is 0 Å². The van der Waals surface area contributed by atoms with Crippen LogP contribution in [-0.4, -0.2) is 20.5 Å². The van der Waals surface area contributed by atoms with E-state index in [0.29, 0.717) is 6.42 Å². The van der Waals surface area contributed by atoms with Gasteiger partial charge < -0.3 is 9.47 Å². The lowest BCUT2D eigenvalue weighted by molar-refractivity contribution is -0.0972. The first-order chi connectivity index (χ1) is 4.35. The van der Waals surface area contributed by atoms with Crippen LogP contribution in [0.3, 0.4) is 0 Å². The van der Waals surface area contributed by atoms with E-state index in [4.69, 9.17) is 9.47 Å². The van der Waals surface area contributed by atoms with Crippen LogP contribution in [0.2, 0.25) is 0 Å². The third-order valence-electron chi connectivity index (χ3n) is 0.971. The third kappa shape index (κ3) is 4.01. The Kier molecular flexibility index (Phi) is 5.29. The lowest BCUT2D eigenvalue weighted by Gasteiger charge is -2.07. The molecule has 0 aromatic rings. The van der Waals surface area contributed by atoms with Crippen LogP contribution in [0.25, 0.3) is 0 Å². The largest absolute Gasteiger partial charge is 0.355 e. The molecule has 2 heteroatoms. The maximum Gasteiger partial charge on any atom is 0.167 e. The second-order valence-corrected chi connectivity index (χ2v) is 1.53. The Morgan fingerprint density at radius 1 is 1.33 bits per heavy atom. The standard InChI is InChI=1S/C7H12O2/c1-4-5-6-7(8-2)9-3/h7H,6H2,1-3H3. The Balaban J connectivity index is 3.39. The molecule has 0 spiro atoms. The topological polar surface area (TPSA) is 18.5 Å². The van der Waals surface area contributed by atoms with E-state index in [1.165, 1.54) is 0 Å². The number of methoxy groups -OCH3 is 2. The molecule has 0 unspecified atom stereocenters. The minimum absolute atomic E-state index is 0.169. The molecule has 2 nitrogen and oxygen atoms in total. The van der Waals surface area contributed by atoms with Crippen LogP contribution in [0.4, 0.5) is 0 Å². The molecule has 0 rings (SSSR count). The first kappa shape index (κ1) is 8.48. The summed E-state index contributed by atoms with van der Waals surface area (Å²) >= 11 is 0. The molecule has 0 saturated heterocycles. The molecule has 0 fully saturated rings. The SMILES string of the molecule is CC#CCC(OC)OC. The Hall–Kier alpha value is -0.520. The zero-order chi connectivity index (χ0) is 7.11. The van der Waals surface area contributed by atoms with Gasteiger partial charge in [-0.15, -0.1) is 5.92 Å². The Morgan fingerprint density at radius 2 is 1.89 bits per heavy atom. The molecule has 52 valence electrons. The fourth-order valence-electron chi connectivity index (χ4n) is 0.448. The van der Waals surface area contributed by atoms with E-state index < -0.39 is 0 Å². The lowest BCUT2D eigenvalue weighted by atomic mass is 10.4. The maximum absolute atomic E-state index is 4.88. The number of rotatable bonds is 3. The van der Waals surface area contributed by atoms with Crippen LogP contribution < -0.4 is 0 Å². The molecule has 0 aromatic heterocycles. The predicted molar refractivity (Wildman–Crippen MR) is 35.9 cm³/mol. The van der Waals surface area contributed by atoms with Crippen molar-refractivity contribution in [1.29, 1.82) is 0 Å². The molecule has 0 N–H and O–H groups in total. The number of hydrogen-bond acceptors (Lipinski definition) is 2. The van der Waals surface area contributed by atoms with E-state index in [2.05, 4.69) is 11.8 Å². The van der Waals surface area contributed by atoms with Crippen LogP contribution in [0.5, 0.6) is 0 Å². The van der Waals surface area contributed by atoms with Gasteiger partial charge in [0.1, 0.15) is 0 Å². The van der Waals surface area contributed by atoms with Crippen molar-refractivity contribution in [1.82, 2.24) is 0 Å². The highest BCUT2D eigenvalue weighted by atomic mass is 16.7. The summed E-state index contributed by atoms with van der Waals surface area (Å²) in [5, 5.41) is 0. The molecule has 0 aliphatic carbocycles. The van der Waals surface area contributed by atoms with Gasteiger partial charge in [-0.1, -0.05) is 5.92 Å². The van der Waals surface area contributed by atoms with Crippen molar-refractivity contribution in [3.63, 3.8) is 0 Å². The van der Waals surface area contributed by atoms with Crippen LogP contribution in [0, 0.1) is 11.8 Å². The molecular weight excluding hydrogens is 116 g/mol. The van der Waals surface area contributed by atoms with E-state index in [1.54, 1.807) is 21.1 Å². The average molecular weight is 128 g/mol. The first-order valence-corrected chi connectivity index (χ1v) is 2.80. The van der Waals surface area contributed by atoms with Crippen molar-refractivity contribution in [2.45, 2.75) is 19.6 Å². The van der Waals surface area contributed by atoms with Gasteiger partial charge in [0.25, 0.3) is 0 Å². The van der Waals surface area contributed by atoms with Crippen LogP contribution >= 0.6 is 0 Å². The fourth-order valence-corrected chi connectivity index (χ4v) is 0.448. The third-order valence-corrected chi connectivity index (χ3v) is 0.971. The number of hydrogen-bond donors (Lipinski definition) is 0. The summed E-state index contributed by atoms with van der Waals surface area (Å²) in [4.78, 5) is 0. The summed E-state index contributed by atoms with van der Waals surface area (Å²) < 4.78 is 9.75. The zero-order valence-corrected chi connectivity index (χ0v) is 6.10. The summed E-state index contributed by atoms with van der Waals surface area (Å²) in [5.41, 5.74) is 0. The van der Waals surface area contributed by atoms with Crippen LogP contribution in [0.15, 0.2) is 0 Å². The van der Waals surface area contributed by atoms with E-state index in [1.807, 2.05) is 0 Å². The van der Waals surface area contributed by atoms with Crippen molar-refractivity contribution in [3.8, 4) is 11.8 Å². The molecule has 0 saturated carbocycles. The van der Waals surface area contributed by atoms with Crippen molar-refractivity contribution in [2.75, 3.05) is 14.2 Å². The van der Waals surface area contributed by atoms with Crippen LogP contribution in [0.1, 0.15) is 13.3 Å². The molecule has 0 aliphatic rings. The summed E-state index contributed by atoms with van der Waals surface area (Å²) in [6, 6.07) is 0. The second-order valence-electron chi connectivity index (χ2n) is 1.53. The van der Waals surface area contributed by atoms with E-state index in [9.17, 15) is 0 Å². The molecule has 0 amide bonds. The van der Waals surface area contributed by atoms with Gasteiger partial charge >= 0.3 is 0 Å².